The molecule has 0 spiro atoms. The normalized spacial score (nSPS) is 12.1. The molecule has 0 fully saturated rings. The summed E-state index contributed by atoms with van der Waals surface area (Å²) in [5.41, 5.74) is 2.07. The molecule has 0 bridgehead atoms. The van der Waals surface area contributed by atoms with E-state index in [-0.39, 0.29) is 42.4 Å². The number of methoxy groups -OCH3 is 1. The monoisotopic (exact) mass is 490 g/mol. The summed E-state index contributed by atoms with van der Waals surface area (Å²) in [6, 6.07) is 5.00. The van der Waals surface area contributed by atoms with Crippen molar-refractivity contribution in [1.82, 2.24) is 25.6 Å². The molecule has 27 heavy (non-hydrogen) atoms. The number of ether oxygens (including phenoxy) is 1. The lowest BCUT2D eigenvalue weighted by atomic mass is 10.1. The van der Waals surface area contributed by atoms with E-state index in [0.29, 0.717) is 23.8 Å². The molecule has 1 atom stereocenters. The molecule has 1 aromatic heterocycles. The summed E-state index contributed by atoms with van der Waals surface area (Å²) in [5, 5.41) is 14.1. The Kier molecular flexibility index (Phi) is 9.12. The Morgan fingerprint density at radius 3 is 2.81 bits per heavy atom. The highest BCUT2D eigenvalue weighted by atomic mass is 127. The van der Waals surface area contributed by atoms with Gasteiger partial charge in [-0.3, -0.25) is 9.79 Å². The molecule has 1 aromatic carbocycles. The quantitative estimate of drug-likeness (QED) is 0.278. The molecule has 0 aliphatic carbocycles. The Bertz CT molecular complexity index is 795. The summed E-state index contributed by atoms with van der Waals surface area (Å²) in [5.74, 6) is -0.0895. The maximum Gasteiger partial charge on any atom is 0.327 e. The molecule has 0 amide bonds. The number of aromatic nitrogens is 3. The summed E-state index contributed by atoms with van der Waals surface area (Å²) in [4.78, 5) is 15.4. The number of hydrogen-bond donors (Lipinski definition) is 2. The van der Waals surface area contributed by atoms with Crippen LogP contribution in [0.25, 0.3) is 0 Å². The van der Waals surface area contributed by atoms with Crippen LogP contribution in [-0.2, 0) is 22.6 Å². The molecular weight excluding hydrogens is 466 g/mol. The average molecular weight is 490 g/mol. The Balaban J connectivity index is 0.00000364. The first-order valence-corrected chi connectivity index (χ1v) is 8.12. The Morgan fingerprint density at radius 2 is 2.19 bits per heavy atom. The highest BCUT2D eigenvalue weighted by Gasteiger charge is 2.11. The van der Waals surface area contributed by atoms with Crippen molar-refractivity contribution in [3.8, 4) is 0 Å². The fourth-order valence-corrected chi connectivity index (χ4v) is 2.23. The van der Waals surface area contributed by atoms with Crippen LogP contribution in [0.2, 0.25) is 0 Å². The molecule has 0 saturated heterocycles. The zero-order chi connectivity index (χ0) is 19.1. The molecule has 1 heterocycles. The van der Waals surface area contributed by atoms with Gasteiger partial charge < -0.3 is 15.4 Å². The minimum Gasteiger partial charge on any atom is -0.468 e. The topological polar surface area (TPSA) is 93.4 Å². The predicted molar refractivity (Wildman–Crippen MR) is 110 cm³/mol. The van der Waals surface area contributed by atoms with Crippen LogP contribution in [0.1, 0.15) is 29.8 Å². The molecule has 2 rings (SSSR count). The average Bonchev–Trinajstić information content (AvgIpc) is 3.07. The van der Waals surface area contributed by atoms with Crippen molar-refractivity contribution in [3.63, 3.8) is 0 Å². The molecule has 1 unspecified atom stereocenters. The highest BCUT2D eigenvalue weighted by Crippen LogP contribution is 2.16. The highest BCUT2D eigenvalue weighted by molar-refractivity contribution is 14.0. The van der Waals surface area contributed by atoms with Gasteiger partial charge in [-0.2, -0.15) is 0 Å². The van der Waals surface area contributed by atoms with E-state index in [4.69, 9.17) is 0 Å². The van der Waals surface area contributed by atoms with Gasteiger partial charge >= 0.3 is 5.97 Å². The minimum atomic E-state index is -0.397. The van der Waals surface area contributed by atoms with Gasteiger partial charge in [-0.1, -0.05) is 17.3 Å². The number of guanidine groups is 1. The van der Waals surface area contributed by atoms with Crippen molar-refractivity contribution < 1.29 is 13.9 Å². The molecule has 0 aliphatic rings. The van der Waals surface area contributed by atoms with Crippen molar-refractivity contribution in [2.24, 2.45) is 4.99 Å². The number of benzene rings is 1. The Hall–Kier alpha value is -2.24. The number of esters is 1. The van der Waals surface area contributed by atoms with Crippen molar-refractivity contribution >= 4 is 35.9 Å². The SMILES string of the molecule is CN=C(NCc1cn(CC(=O)OC)nn1)NC(C)c1ccc(C)c(F)c1.I. The Labute approximate surface area is 174 Å². The molecule has 0 radical (unpaired) electrons. The summed E-state index contributed by atoms with van der Waals surface area (Å²) < 4.78 is 19.7. The first-order valence-electron chi connectivity index (χ1n) is 8.12. The van der Waals surface area contributed by atoms with E-state index >= 15 is 0 Å². The number of carbonyl (C=O) groups is 1. The van der Waals surface area contributed by atoms with E-state index in [1.807, 2.05) is 13.0 Å². The third-order valence-corrected chi connectivity index (χ3v) is 3.81. The lowest BCUT2D eigenvalue weighted by Crippen LogP contribution is -2.38. The van der Waals surface area contributed by atoms with Gasteiger partial charge in [0.25, 0.3) is 0 Å². The number of nitrogens with one attached hydrogen (secondary N) is 2. The largest absolute Gasteiger partial charge is 0.468 e. The van der Waals surface area contributed by atoms with Gasteiger partial charge in [0.1, 0.15) is 18.1 Å². The number of hydrogen-bond acceptors (Lipinski definition) is 5. The van der Waals surface area contributed by atoms with E-state index in [1.165, 1.54) is 17.9 Å². The van der Waals surface area contributed by atoms with Crippen LogP contribution >= 0.6 is 24.0 Å². The lowest BCUT2D eigenvalue weighted by Gasteiger charge is -2.18. The lowest BCUT2D eigenvalue weighted by molar-refractivity contribution is -0.141. The van der Waals surface area contributed by atoms with Crippen LogP contribution in [-0.4, -0.2) is 41.1 Å². The maximum atomic E-state index is 13.7. The van der Waals surface area contributed by atoms with Gasteiger partial charge in [0, 0.05) is 7.05 Å². The number of carbonyl (C=O) groups excluding carboxylic acids is 1. The zero-order valence-electron chi connectivity index (χ0n) is 15.7. The van der Waals surface area contributed by atoms with Crippen LogP contribution in [0.3, 0.4) is 0 Å². The molecule has 0 aliphatic heterocycles. The Morgan fingerprint density at radius 1 is 1.44 bits per heavy atom. The summed E-state index contributed by atoms with van der Waals surface area (Å²) >= 11 is 0. The van der Waals surface area contributed by atoms with E-state index in [0.717, 1.165) is 5.56 Å². The first kappa shape index (κ1) is 22.8. The third-order valence-electron chi connectivity index (χ3n) is 3.81. The second kappa shape index (κ2) is 10.8. The second-order valence-corrected chi connectivity index (χ2v) is 5.78. The van der Waals surface area contributed by atoms with Crippen molar-refractivity contribution in [2.45, 2.75) is 33.0 Å². The van der Waals surface area contributed by atoms with Crippen molar-refractivity contribution in [3.05, 3.63) is 47.0 Å². The number of nitrogens with zero attached hydrogens (tertiary/aromatic N) is 4. The number of halogens is 2. The van der Waals surface area contributed by atoms with Crippen LogP contribution < -0.4 is 10.6 Å². The van der Waals surface area contributed by atoms with Crippen molar-refractivity contribution in [2.75, 3.05) is 14.2 Å². The van der Waals surface area contributed by atoms with Gasteiger partial charge in [0.2, 0.25) is 0 Å². The van der Waals surface area contributed by atoms with Gasteiger partial charge in [-0.15, -0.1) is 29.1 Å². The van der Waals surface area contributed by atoms with E-state index in [9.17, 15) is 9.18 Å². The van der Waals surface area contributed by atoms with E-state index in [1.54, 1.807) is 26.2 Å². The molecule has 0 saturated carbocycles. The molecule has 148 valence electrons. The minimum absolute atomic E-state index is 0. The smallest absolute Gasteiger partial charge is 0.327 e. The number of aliphatic imine (C=N–C) groups is 1. The summed E-state index contributed by atoms with van der Waals surface area (Å²) in [6.45, 7) is 4.02. The second-order valence-electron chi connectivity index (χ2n) is 5.78. The van der Waals surface area contributed by atoms with Crippen LogP contribution in [0.15, 0.2) is 29.4 Å². The van der Waals surface area contributed by atoms with Crippen LogP contribution in [0, 0.1) is 12.7 Å². The van der Waals surface area contributed by atoms with Crippen molar-refractivity contribution in [1.29, 1.82) is 0 Å². The third kappa shape index (κ3) is 6.77. The zero-order valence-corrected chi connectivity index (χ0v) is 18.0. The first-order chi connectivity index (χ1) is 12.4. The summed E-state index contributed by atoms with van der Waals surface area (Å²) in [6.07, 6.45) is 1.65. The standard InChI is InChI=1S/C17H23FN6O2.HI/c1-11-5-6-13(7-15(11)18)12(2)21-17(19-3)20-8-14-9-24(23-22-14)10-16(25)26-4;/h5-7,9,12H,8,10H2,1-4H3,(H2,19,20,21);1H. The van der Waals surface area contributed by atoms with Gasteiger partial charge in [0.15, 0.2) is 5.96 Å². The molecule has 2 aromatic rings. The van der Waals surface area contributed by atoms with Gasteiger partial charge in [-0.25, -0.2) is 9.07 Å². The van der Waals surface area contributed by atoms with Crippen LogP contribution in [0.5, 0.6) is 0 Å². The molecule has 8 nitrogen and oxygen atoms in total. The fourth-order valence-electron chi connectivity index (χ4n) is 2.23. The molecular formula is C17H24FIN6O2. The molecule has 2 N–H and O–H groups in total. The van der Waals surface area contributed by atoms with E-state index in [2.05, 4.69) is 30.7 Å². The number of aryl methyl sites for hydroxylation is 1. The number of rotatable bonds is 6. The van der Waals surface area contributed by atoms with Gasteiger partial charge in [-0.05, 0) is 31.0 Å². The molecule has 10 heteroatoms. The van der Waals surface area contributed by atoms with Gasteiger partial charge in [0.05, 0.1) is 25.9 Å². The van der Waals surface area contributed by atoms with E-state index < -0.39 is 5.97 Å². The maximum absolute atomic E-state index is 13.7. The van der Waals surface area contributed by atoms with Crippen LogP contribution in [0.4, 0.5) is 4.39 Å². The fraction of sp³-hybridized carbons (Fsp3) is 0.412. The predicted octanol–water partition coefficient (Wildman–Crippen LogP) is 1.94. The summed E-state index contributed by atoms with van der Waals surface area (Å²) in [7, 11) is 2.96.